The van der Waals surface area contributed by atoms with Crippen LogP contribution in [0.15, 0.2) is 4.52 Å². The van der Waals surface area contributed by atoms with Gasteiger partial charge in [-0.15, -0.1) is 0 Å². The van der Waals surface area contributed by atoms with E-state index in [4.69, 9.17) is 4.52 Å². The van der Waals surface area contributed by atoms with E-state index in [1.807, 2.05) is 20.8 Å². The Balaban J connectivity index is 2.09. The second-order valence-corrected chi connectivity index (χ2v) is 9.45. The molecule has 1 aromatic heterocycles. The van der Waals surface area contributed by atoms with Crippen molar-refractivity contribution in [2.24, 2.45) is 17.3 Å². The molecular formula is C22H39N3O3. The third-order valence-electron chi connectivity index (χ3n) is 5.96. The molecule has 2 atom stereocenters. The van der Waals surface area contributed by atoms with Crippen LogP contribution in [0.4, 0.5) is 0 Å². The van der Waals surface area contributed by atoms with Crippen LogP contribution < -0.4 is 5.32 Å². The average molecular weight is 394 g/mol. The van der Waals surface area contributed by atoms with Crippen LogP contribution in [0, 0.1) is 17.3 Å². The molecule has 1 heterocycles. The molecule has 0 bridgehead atoms. The molecule has 1 aliphatic rings. The second kappa shape index (κ2) is 10.9. The summed E-state index contributed by atoms with van der Waals surface area (Å²) >= 11 is 0. The van der Waals surface area contributed by atoms with Crippen LogP contribution in [-0.4, -0.2) is 27.8 Å². The van der Waals surface area contributed by atoms with Crippen LogP contribution in [0.5, 0.6) is 0 Å². The highest BCUT2D eigenvalue weighted by molar-refractivity contribution is 5.72. The molecule has 0 amide bonds. The molecule has 0 radical (unpaired) electrons. The Hall–Kier alpha value is -1.43. The quantitative estimate of drug-likeness (QED) is 0.505. The number of nitrogens with zero attached hydrogens (tertiary/aromatic N) is 2. The van der Waals surface area contributed by atoms with Gasteiger partial charge in [-0.3, -0.25) is 4.79 Å². The highest BCUT2D eigenvalue weighted by atomic mass is 16.5. The summed E-state index contributed by atoms with van der Waals surface area (Å²) in [7, 11) is 0. The molecule has 6 heteroatoms. The summed E-state index contributed by atoms with van der Waals surface area (Å²) in [4.78, 5) is 16.7. The molecule has 1 saturated carbocycles. The summed E-state index contributed by atoms with van der Waals surface area (Å²) in [6, 6.07) is 0. The van der Waals surface area contributed by atoms with Gasteiger partial charge in [-0.25, -0.2) is 0 Å². The number of aliphatic carboxylic acids is 1. The number of rotatable bonds is 11. The van der Waals surface area contributed by atoms with E-state index in [2.05, 4.69) is 22.4 Å². The Bertz CT molecular complexity index is 588. The molecule has 2 rings (SSSR count). The lowest BCUT2D eigenvalue weighted by atomic mass is 9.71. The van der Waals surface area contributed by atoms with Crippen molar-refractivity contribution < 1.29 is 14.4 Å². The van der Waals surface area contributed by atoms with Gasteiger partial charge in [0.05, 0.1) is 18.4 Å². The minimum absolute atomic E-state index is 0.242. The fourth-order valence-corrected chi connectivity index (χ4v) is 4.55. The lowest BCUT2D eigenvalue weighted by Crippen LogP contribution is -2.34. The van der Waals surface area contributed by atoms with Crippen LogP contribution in [0.25, 0.3) is 0 Å². The summed E-state index contributed by atoms with van der Waals surface area (Å²) in [5.41, 5.74) is -0.379. The van der Waals surface area contributed by atoms with E-state index in [0.717, 1.165) is 31.7 Å². The van der Waals surface area contributed by atoms with Gasteiger partial charge in [-0.05, 0) is 30.7 Å². The van der Waals surface area contributed by atoms with Crippen LogP contribution in [-0.2, 0) is 11.3 Å². The molecule has 28 heavy (non-hydrogen) atoms. The third-order valence-corrected chi connectivity index (χ3v) is 5.96. The molecule has 160 valence electrons. The van der Waals surface area contributed by atoms with E-state index in [1.165, 1.54) is 38.5 Å². The van der Waals surface area contributed by atoms with Crippen molar-refractivity contribution in [3.63, 3.8) is 0 Å². The predicted molar refractivity (Wildman–Crippen MR) is 110 cm³/mol. The fourth-order valence-electron chi connectivity index (χ4n) is 4.55. The van der Waals surface area contributed by atoms with Gasteiger partial charge in [-0.1, -0.05) is 77.8 Å². The Kier molecular flexibility index (Phi) is 8.93. The number of hydrogen-bond donors (Lipinski definition) is 2. The molecule has 0 aromatic carbocycles. The lowest BCUT2D eigenvalue weighted by molar-refractivity contribution is -0.147. The number of hydrogen-bond acceptors (Lipinski definition) is 5. The Morgan fingerprint density at radius 1 is 1.29 bits per heavy atom. The number of carbonyl (C=O) groups is 1. The molecule has 6 nitrogen and oxygen atoms in total. The first-order valence-corrected chi connectivity index (χ1v) is 11.1. The number of aromatic nitrogens is 2. The van der Waals surface area contributed by atoms with E-state index in [9.17, 15) is 9.90 Å². The Morgan fingerprint density at radius 2 is 2.00 bits per heavy atom. The van der Waals surface area contributed by atoms with E-state index in [-0.39, 0.29) is 11.3 Å². The first kappa shape index (κ1) is 22.9. The number of carboxylic acid groups (broad SMARTS) is 1. The molecule has 0 saturated heterocycles. The van der Waals surface area contributed by atoms with Crippen molar-refractivity contribution in [2.75, 3.05) is 6.54 Å². The number of nitrogens with one attached hydrogen (secondary N) is 1. The minimum Gasteiger partial charge on any atom is -0.481 e. The molecule has 1 aromatic rings. The average Bonchev–Trinajstić information content (AvgIpc) is 3.09. The van der Waals surface area contributed by atoms with Gasteiger partial charge in [0.2, 0.25) is 5.89 Å². The normalized spacial score (nSPS) is 18.1. The van der Waals surface area contributed by atoms with Crippen LogP contribution >= 0.6 is 0 Å². The first-order chi connectivity index (χ1) is 13.3. The van der Waals surface area contributed by atoms with Gasteiger partial charge in [-0.2, -0.15) is 4.98 Å². The maximum atomic E-state index is 12.1. The maximum absolute atomic E-state index is 12.1. The van der Waals surface area contributed by atoms with E-state index in [0.29, 0.717) is 18.3 Å². The zero-order valence-corrected chi connectivity index (χ0v) is 18.2. The van der Waals surface area contributed by atoms with Crippen LogP contribution in [0.1, 0.15) is 103 Å². The fraction of sp³-hybridized carbons (Fsp3) is 0.864. The molecule has 2 N–H and O–H groups in total. The molecule has 1 aliphatic carbocycles. The van der Waals surface area contributed by atoms with Crippen molar-refractivity contribution in [1.29, 1.82) is 0 Å². The van der Waals surface area contributed by atoms with Gasteiger partial charge in [0.25, 0.3) is 0 Å². The SMILES string of the molecule is CCCNCc1noc([C@H](CCCC2CCCCC2)C(C(=O)O)C(C)(C)C)n1. The van der Waals surface area contributed by atoms with Crippen LogP contribution in [0.2, 0.25) is 0 Å². The van der Waals surface area contributed by atoms with Crippen molar-refractivity contribution in [2.45, 2.75) is 97.9 Å². The lowest BCUT2D eigenvalue weighted by Gasteiger charge is -2.32. The summed E-state index contributed by atoms with van der Waals surface area (Å²) < 4.78 is 5.56. The monoisotopic (exact) mass is 393 g/mol. The summed E-state index contributed by atoms with van der Waals surface area (Å²) in [5, 5.41) is 17.3. The predicted octanol–water partition coefficient (Wildman–Crippen LogP) is 5.15. The van der Waals surface area contributed by atoms with E-state index in [1.54, 1.807) is 0 Å². The molecule has 1 fully saturated rings. The smallest absolute Gasteiger partial charge is 0.307 e. The highest BCUT2D eigenvalue weighted by Gasteiger charge is 2.41. The van der Waals surface area contributed by atoms with Crippen molar-refractivity contribution >= 4 is 5.97 Å². The van der Waals surface area contributed by atoms with Crippen molar-refractivity contribution in [1.82, 2.24) is 15.5 Å². The second-order valence-electron chi connectivity index (χ2n) is 9.45. The Labute approximate surface area is 169 Å². The van der Waals surface area contributed by atoms with Gasteiger partial charge < -0.3 is 14.9 Å². The Morgan fingerprint density at radius 3 is 2.61 bits per heavy atom. The standard InChI is InChI=1S/C22H39N3O3/c1-5-14-23-15-18-24-20(28-25-18)17(19(21(26)27)22(2,3)4)13-9-12-16-10-7-6-8-11-16/h16-17,19,23H,5-15H2,1-4H3,(H,26,27)/t17-,19?/m1/s1. The molecular weight excluding hydrogens is 354 g/mol. The zero-order chi connectivity index (χ0) is 20.6. The van der Waals surface area contributed by atoms with Gasteiger partial charge >= 0.3 is 5.97 Å². The number of carboxylic acids is 1. The maximum Gasteiger partial charge on any atom is 0.307 e. The van der Waals surface area contributed by atoms with E-state index < -0.39 is 11.9 Å². The zero-order valence-electron chi connectivity index (χ0n) is 18.2. The van der Waals surface area contributed by atoms with Gasteiger partial charge in [0.15, 0.2) is 5.82 Å². The van der Waals surface area contributed by atoms with Gasteiger partial charge in [0, 0.05) is 0 Å². The summed E-state index contributed by atoms with van der Waals surface area (Å²) in [6.45, 7) is 9.52. The van der Waals surface area contributed by atoms with Gasteiger partial charge in [0.1, 0.15) is 0 Å². The largest absolute Gasteiger partial charge is 0.481 e. The van der Waals surface area contributed by atoms with Crippen molar-refractivity contribution in [3.05, 3.63) is 11.7 Å². The summed E-state index contributed by atoms with van der Waals surface area (Å²) in [6.07, 6.45) is 10.7. The topological polar surface area (TPSA) is 88.2 Å². The molecule has 0 spiro atoms. The van der Waals surface area contributed by atoms with E-state index >= 15 is 0 Å². The van der Waals surface area contributed by atoms with Crippen LogP contribution in [0.3, 0.4) is 0 Å². The molecule has 1 unspecified atom stereocenters. The van der Waals surface area contributed by atoms with Crippen molar-refractivity contribution in [3.8, 4) is 0 Å². The first-order valence-electron chi connectivity index (χ1n) is 11.1. The minimum atomic E-state index is -0.779. The summed E-state index contributed by atoms with van der Waals surface area (Å²) in [5.74, 6) is 0.324. The molecule has 0 aliphatic heterocycles. The third kappa shape index (κ3) is 6.87. The highest BCUT2D eigenvalue weighted by Crippen LogP contribution is 2.41.